The topological polar surface area (TPSA) is 48.9 Å². The molecule has 4 aliphatic carbocycles. The average molecular weight is 353 g/mol. The molecule has 0 radical (unpaired) electrons. The Balaban J connectivity index is 1.57. The van der Waals surface area contributed by atoms with Gasteiger partial charge in [-0.1, -0.05) is 52.0 Å². The van der Waals surface area contributed by atoms with Gasteiger partial charge < -0.3 is 0 Å². The fraction of sp³-hybridized carbons (Fsp3) is 0.714. The van der Waals surface area contributed by atoms with Gasteiger partial charge in [0.15, 0.2) is 0 Å². The van der Waals surface area contributed by atoms with Gasteiger partial charge in [-0.2, -0.15) is 0 Å². The fourth-order valence-corrected chi connectivity index (χ4v) is 7.24. The minimum Gasteiger partial charge on any atom is -0.246 e. The van der Waals surface area contributed by atoms with Gasteiger partial charge in [0, 0.05) is 17.4 Å². The molecule has 5 heteroatoms. The number of hydrogen-bond donors (Lipinski definition) is 0. The van der Waals surface area contributed by atoms with Crippen molar-refractivity contribution in [2.45, 2.75) is 65.1 Å². The molecule has 0 aromatic carbocycles. The minimum absolute atomic E-state index is 0.0177. The molecule has 0 spiro atoms. The van der Waals surface area contributed by atoms with Crippen LogP contribution in [0.2, 0.25) is 0 Å². The Kier molecular flexibility index (Phi) is 2.38. The first-order chi connectivity index (χ1) is 12.2. The normalized spacial score (nSPS) is 48.5. The predicted octanol–water partition coefficient (Wildman–Crippen LogP) is 3.06. The summed E-state index contributed by atoms with van der Waals surface area (Å²) in [5.74, 6) is 0.938. The molecule has 7 rings (SSSR count). The van der Waals surface area contributed by atoms with E-state index in [1.54, 1.807) is 13.9 Å². The molecule has 2 fully saturated rings. The van der Waals surface area contributed by atoms with Gasteiger partial charge in [-0.3, -0.25) is 0 Å². The Bertz CT molecular complexity index is 1020. The number of nitrogens with zero attached hydrogens (tertiary/aromatic N) is 3. The minimum atomic E-state index is -0.0936. The van der Waals surface area contributed by atoms with Crippen LogP contribution in [-0.4, -0.2) is 13.9 Å². The van der Waals surface area contributed by atoms with Crippen LogP contribution in [0.5, 0.6) is 0 Å². The molecule has 0 saturated heterocycles. The van der Waals surface area contributed by atoms with E-state index in [-0.39, 0.29) is 45.7 Å². The van der Waals surface area contributed by atoms with Crippen molar-refractivity contribution < 1.29 is 0 Å². The van der Waals surface area contributed by atoms with Crippen LogP contribution in [0.25, 0.3) is 0 Å². The van der Waals surface area contributed by atoms with Crippen LogP contribution in [-0.2, 0) is 0 Å². The second kappa shape index (κ2) is 4.05. The monoisotopic (exact) mass is 353 g/mol. The molecule has 0 unspecified atom stereocenters. The van der Waals surface area contributed by atoms with Crippen LogP contribution < -0.4 is 11.4 Å². The molecule has 26 heavy (non-hydrogen) atoms. The van der Waals surface area contributed by atoms with Gasteiger partial charge in [-0.05, 0) is 36.0 Å². The zero-order valence-corrected chi connectivity index (χ0v) is 16.0. The maximum absolute atomic E-state index is 13.5. The first-order valence-electron chi connectivity index (χ1n) is 10.0. The van der Waals surface area contributed by atoms with E-state index in [1.807, 2.05) is 0 Å². The standard InChI is InChI=1S/C21H27N3O2/c1-19(2)12-7-10-21(19,4)16(11-12)22-17(25)23-14-5-6-15(24(23)18(22)26)20(3)9-8-13(14)20/h5-6,8-9,12-16H,7,10-11H2,1-4H3/t12-,13-,14-,15-,16+,20+,21-/m1/s1. The summed E-state index contributed by atoms with van der Waals surface area (Å²) in [5.41, 5.74) is -0.0119. The maximum Gasteiger partial charge on any atom is 0.348 e. The third-order valence-corrected chi connectivity index (χ3v) is 9.52. The molecule has 0 N–H and O–H groups in total. The highest BCUT2D eigenvalue weighted by Gasteiger charge is 2.63. The number of hydrogen-bond acceptors (Lipinski definition) is 2. The predicted molar refractivity (Wildman–Crippen MR) is 99.2 cm³/mol. The van der Waals surface area contributed by atoms with Crippen molar-refractivity contribution >= 4 is 0 Å². The lowest BCUT2D eigenvalue weighted by atomic mass is 9.57. The Morgan fingerprint density at radius 3 is 2.31 bits per heavy atom. The van der Waals surface area contributed by atoms with Gasteiger partial charge in [0.1, 0.15) is 0 Å². The summed E-state index contributed by atoms with van der Waals surface area (Å²) in [6.45, 7) is 9.19. The number of fused-ring (bicyclic) bond motifs is 2. The zero-order valence-electron chi connectivity index (χ0n) is 16.0. The van der Waals surface area contributed by atoms with Gasteiger partial charge in [0.25, 0.3) is 0 Å². The summed E-state index contributed by atoms with van der Waals surface area (Å²) in [6, 6.07) is -0.0288. The van der Waals surface area contributed by atoms with Crippen molar-refractivity contribution in [1.29, 1.82) is 0 Å². The molecule has 7 atom stereocenters. The summed E-state index contributed by atoms with van der Waals surface area (Å²) >= 11 is 0. The summed E-state index contributed by atoms with van der Waals surface area (Å²) in [7, 11) is 0. The Morgan fingerprint density at radius 2 is 1.73 bits per heavy atom. The molecule has 2 aliphatic heterocycles. The molecule has 138 valence electrons. The Morgan fingerprint density at radius 1 is 1.00 bits per heavy atom. The van der Waals surface area contributed by atoms with Crippen LogP contribution in [0.4, 0.5) is 0 Å². The molecule has 3 heterocycles. The van der Waals surface area contributed by atoms with Crippen molar-refractivity contribution in [1.82, 2.24) is 13.9 Å². The molecule has 2 saturated carbocycles. The lowest BCUT2D eigenvalue weighted by molar-refractivity contribution is 0.0553. The van der Waals surface area contributed by atoms with Crippen molar-refractivity contribution in [3.05, 3.63) is 45.3 Å². The van der Waals surface area contributed by atoms with Gasteiger partial charge in [0.2, 0.25) is 0 Å². The van der Waals surface area contributed by atoms with Crippen molar-refractivity contribution in [3.8, 4) is 0 Å². The summed E-state index contributed by atoms with van der Waals surface area (Å²) in [6.07, 6.45) is 12.0. The van der Waals surface area contributed by atoms with Gasteiger partial charge in [0.05, 0.1) is 12.1 Å². The molecule has 5 nitrogen and oxygen atoms in total. The molecule has 4 bridgehead atoms. The molecular weight excluding hydrogens is 326 g/mol. The summed E-state index contributed by atoms with van der Waals surface area (Å²) in [4.78, 5) is 27.0. The molecule has 1 aromatic rings. The van der Waals surface area contributed by atoms with Gasteiger partial charge in [-0.15, -0.1) is 0 Å². The zero-order chi connectivity index (χ0) is 18.2. The summed E-state index contributed by atoms with van der Waals surface area (Å²) < 4.78 is 5.18. The van der Waals surface area contributed by atoms with E-state index in [4.69, 9.17) is 0 Å². The average Bonchev–Trinajstić information content (AvgIpc) is 3.04. The van der Waals surface area contributed by atoms with E-state index in [0.29, 0.717) is 11.8 Å². The summed E-state index contributed by atoms with van der Waals surface area (Å²) in [5, 5.41) is 0. The van der Waals surface area contributed by atoms with Crippen LogP contribution in [0.1, 0.15) is 65.1 Å². The highest BCUT2D eigenvalue weighted by Crippen LogP contribution is 2.69. The largest absolute Gasteiger partial charge is 0.348 e. The van der Waals surface area contributed by atoms with Gasteiger partial charge >= 0.3 is 11.4 Å². The van der Waals surface area contributed by atoms with E-state index in [9.17, 15) is 9.59 Å². The highest BCUT2D eigenvalue weighted by atomic mass is 16.2. The third-order valence-electron chi connectivity index (χ3n) is 9.52. The number of allylic oxidation sites excluding steroid dienone is 4. The highest BCUT2D eigenvalue weighted by molar-refractivity contribution is 5.33. The van der Waals surface area contributed by atoms with Crippen LogP contribution in [0.15, 0.2) is 33.9 Å². The Labute approximate surface area is 153 Å². The Hall–Kier alpha value is -1.78. The molecule has 0 amide bonds. The molecule has 6 aliphatic rings. The van der Waals surface area contributed by atoms with Gasteiger partial charge in [-0.25, -0.2) is 23.5 Å². The molecular formula is C21H27N3O2. The van der Waals surface area contributed by atoms with E-state index < -0.39 is 0 Å². The second-order valence-electron chi connectivity index (χ2n) is 10.3. The van der Waals surface area contributed by atoms with E-state index >= 15 is 0 Å². The molecule has 1 aromatic heterocycles. The van der Waals surface area contributed by atoms with E-state index in [0.717, 1.165) is 12.8 Å². The van der Waals surface area contributed by atoms with E-state index in [1.165, 1.54) is 6.42 Å². The maximum atomic E-state index is 13.5. The van der Waals surface area contributed by atoms with Crippen molar-refractivity contribution in [2.75, 3.05) is 0 Å². The number of rotatable bonds is 1. The van der Waals surface area contributed by atoms with Crippen molar-refractivity contribution in [3.63, 3.8) is 0 Å². The second-order valence-corrected chi connectivity index (χ2v) is 10.3. The SMILES string of the molecule is CC1(C)[C@@H]2CC[C@]1(C)[C@@H](n1c(=O)n3n(c1=O)[C@@H]1C=C[C@@H]3[C@H]3C=C[C@@]31C)C2. The lowest BCUT2D eigenvalue weighted by Gasteiger charge is -2.55. The first kappa shape index (κ1) is 15.3. The smallest absolute Gasteiger partial charge is 0.246 e. The third kappa shape index (κ3) is 1.29. The van der Waals surface area contributed by atoms with Crippen LogP contribution >= 0.6 is 0 Å². The first-order valence-corrected chi connectivity index (χ1v) is 10.0. The van der Waals surface area contributed by atoms with Crippen molar-refractivity contribution in [2.24, 2.45) is 28.1 Å². The number of aromatic nitrogens is 3. The van der Waals surface area contributed by atoms with Crippen LogP contribution in [0.3, 0.4) is 0 Å². The van der Waals surface area contributed by atoms with Crippen LogP contribution in [0, 0.1) is 28.1 Å². The lowest BCUT2D eigenvalue weighted by Crippen LogP contribution is -2.55. The fourth-order valence-electron chi connectivity index (χ4n) is 7.24. The quantitative estimate of drug-likeness (QED) is 0.729. The van der Waals surface area contributed by atoms with E-state index in [2.05, 4.69) is 52.0 Å².